The van der Waals surface area contributed by atoms with E-state index < -0.39 is 37.3 Å². The van der Waals surface area contributed by atoms with Gasteiger partial charge in [0.25, 0.3) is 0 Å². The van der Waals surface area contributed by atoms with Gasteiger partial charge in [-0.2, -0.15) is 0 Å². The molecule has 4 N–H and O–H groups in total. The van der Waals surface area contributed by atoms with Crippen LogP contribution in [-0.4, -0.2) is 51.3 Å². The number of aliphatic hydroxyl groups excluding tert-OH is 4. The maximum Gasteiger partial charge on any atom is 1.00 e. The number of carbonyl (C=O) groups is 1. The molecule has 13 heavy (non-hydrogen) atoms. The van der Waals surface area contributed by atoms with E-state index in [4.69, 9.17) is 20.4 Å². The molecule has 0 bridgehead atoms. The number of carboxylic acid groups (broad SMARTS) is 1. The average Bonchev–Trinajstić information content (AvgIpc) is 2.02. The van der Waals surface area contributed by atoms with Crippen molar-refractivity contribution in [2.75, 3.05) is 6.61 Å². The van der Waals surface area contributed by atoms with Crippen LogP contribution in [0.3, 0.4) is 0 Å². The van der Waals surface area contributed by atoms with Crippen LogP contribution in [0.2, 0.25) is 0 Å². The summed E-state index contributed by atoms with van der Waals surface area (Å²) in [6.07, 6.45) is -5.31. The second-order valence-corrected chi connectivity index (χ2v) is 2.39. The molecule has 0 aromatic heterocycles. The first kappa shape index (κ1) is 15.8. The zero-order valence-electron chi connectivity index (χ0n) is 7.25. The van der Waals surface area contributed by atoms with Crippen LogP contribution >= 0.6 is 0 Å². The zero-order chi connectivity index (χ0) is 9.72. The van der Waals surface area contributed by atoms with Crippen LogP contribution < -0.4 is 34.7 Å². The van der Waals surface area contributed by atoms with Crippen LogP contribution in [0.1, 0.15) is 6.42 Å². The third kappa shape index (κ3) is 6.39. The molecule has 0 heterocycles. The van der Waals surface area contributed by atoms with Gasteiger partial charge in [-0.1, -0.05) is 0 Å². The van der Waals surface area contributed by atoms with Gasteiger partial charge in [-0.05, 0) is 0 Å². The summed E-state index contributed by atoms with van der Waals surface area (Å²) in [4.78, 5) is 9.93. The summed E-state index contributed by atoms with van der Waals surface area (Å²) >= 11 is 0. The molecule has 0 aliphatic rings. The van der Waals surface area contributed by atoms with Gasteiger partial charge in [-0.3, -0.25) is 0 Å². The van der Waals surface area contributed by atoms with Crippen LogP contribution in [0.5, 0.6) is 0 Å². The van der Waals surface area contributed by atoms with E-state index in [1.807, 2.05) is 0 Å². The van der Waals surface area contributed by atoms with Gasteiger partial charge in [0, 0.05) is 6.42 Å². The van der Waals surface area contributed by atoms with E-state index in [2.05, 4.69) is 0 Å². The first-order chi connectivity index (χ1) is 5.49. The number of hydrogen-bond donors (Lipinski definition) is 4. The van der Waals surface area contributed by atoms with Crippen molar-refractivity contribution in [1.29, 1.82) is 0 Å². The number of aliphatic hydroxyl groups is 4. The largest absolute Gasteiger partial charge is 1.00 e. The molecular weight excluding hydrogens is 191 g/mol. The van der Waals surface area contributed by atoms with Crippen LogP contribution in [0, 0.1) is 0 Å². The zero-order valence-corrected chi connectivity index (χ0v) is 9.25. The van der Waals surface area contributed by atoms with E-state index in [0.717, 1.165) is 0 Å². The number of carboxylic acids is 1. The monoisotopic (exact) mass is 202 g/mol. The van der Waals surface area contributed by atoms with Gasteiger partial charge in [-0.15, -0.1) is 0 Å². The van der Waals surface area contributed by atoms with Crippen molar-refractivity contribution >= 4 is 5.97 Å². The van der Waals surface area contributed by atoms with Gasteiger partial charge in [0.1, 0.15) is 6.10 Å². The van der Waals surface area contributed by atoms with Crippen molar-refractivity contribution in [2.24, 2.45) is 0 Å². The first-order valence-electron chi connectivity index (χ1n) is 3.35. The Kier molecular flexibility index (Phi) is 9.33. The number of carbonyl (C=O) groups excluding carboxylic acids is 1. The van der Waals surface area contributed by atoms with E-state index in [-0.39, 0.29) is 29.6 Å². The van der Waals surface area contributed by atoms with E-state index in [9.17, 15) is 9.90 Å². The van der Waals surface area contributed by atoms with Gasteiger partial charge < -0.3 is 30.3 Å². The summed E-state index contributed by atoms with van der Waals surface area (Å²) in [5.41, 5.74) is 0. The molecule has 6 nitrogen and oxygen atoms in total. The molecule has 0 unspecified atom stereocenters. The SMILES string of the molecule is O=C([O-])[C@H](O)C[C@@H](O)[C@H](O)CO.[Na+]. The molecule has 0 amide bonds. The Morgan fingerprint density at radius 1 is 1.23 bits per heavy atom. The van der Waals surface area contributed by atoms with Crippen molar-refractivity contribution in [1.82, 2.24) is 0 Å². The maximum absolute atomic E-state index is 9.93. The fourth-order valence-electron chi connectivity index (χ4n) is 0.604. The fraction of sp³-hybridized carbons (Fsp3) is 0.833. The number of rotatable bonds is 5. The summed E-state index contributed by atoms with van der Waals surface area (Å²) < 4.78 is 0. The number of hydrogen-bond acceptors (Lipinski definition) is 6. The molecule has 0 aliphatic heterocycles. The van der Waals surface area contributed by atoms with Gasteiger partial charge in [0.15, 0.2) is 0 Å². The molecule has 7 heteroatoms. The van der Waals surface area contributed by atoms with Crippen molar-refractivity contribution in [3.8, 4) is 0 Å². The molecule has 0 saturated heterocycles. The minimum absolute atomic E-state index is 0. The van der Waals surface area contributed by atoms with Crippen LogP contribution in [0.15, 0.2) is 0 Å². The Morgan fingerprint density at radius 2 is 1.69 bits per heavy atom. The van der Waals surface area contributed by atoms with E-state index in [0.29, 0.717) is 0 Å². The van der Waals surface area contributed by atoms with Crippen molar-refractivity contribution in [3.63, 3.8) is 0 Å². The molecule has 0 saturated carbocycles. The summed E-state index contributed by atoms with van der Waals surface area (Å²) in [6.45, 7) is -0.694. The van der Waals surface area contributed by atoms with Gasteiger partial charge in [0.05, 0.1) is 24.8 Å². The molecule has 0 rings (SSSR count). The van der Waals surface area contributed by atoms with Gasteiger partial charge in [0.2, 0.25) is 0 Å². The van der Waals surface area contributed by atoms with E-state index in [1.165, 1.54) is 0 Å². The fourth-order valence-corrected chi connectivity index (χ4v) is 0.604. The Labute approximate surface area is 97.1 Å². The average molecular weight is 202 g/mol. The topological polar surface area (TPSA) is 121 Å². The molecular formula is C6H11NaO6. The molecule has 0 radical (unpaired) electrons. The molecule has 72 valence electrons. The predicted molar refractivity (Wildman–Crippen MR) is 34.7 cm³/mol. The molecule has 0 aromatic rings. The standard InChI is InChI=1S/C6H12O6.Na/c7-2-5(10)3(8)1-4(9)6(11)12;/h3-5,7-10H,1-2H2,(H,11,12);/q;+1/p-1/t3-,4-,5-;/m1./s1. The second-order valence-electron chi connectivity index (χ2n) is 2.39. The minimum atomic E-state index is -1.83. The van der Waals surface area contributed by atoms with E-state index >= 15 is 0 Å². The van der Waals surface area contributed by atoms with Gasteiger partial charge >= 0.3 is 29.6 Å². The molecule has 0 aliphatic carbocycles. The molecule has 0 spiro atoms. The van der Waals surface area contributed by atoms with Crippen LogP contribution in [0.25, 0.3) is 0 Å². The smallest absolute Gasteiger partial charge is 0.547 e. The maximum atomic E-state index is 9.93. The summed E-state index contributed by atoms with van der Waals surface area (Å²) in [5, 5.41) is 44.5. The summed E-state index contributed by atoms with van der Waals surface area (Å²) in [5.74, 6) is -1.72. The van der Waals surface area contributed by atoms with Crippen molar-refractivity contribution < 1.29 is 59.9 Å². The predicted octanol–water partition coefficient (Wildman–Crippen LogP) is -6.79. The molecule has 3 atom stereocenters. The number of aliphatic carboxylic acids is 1. The Morgan fingerprint density at radius 3 is 2.00 bits per heavy atom. The Balaban J connectivity index is 0. The molecule has 0 fully saturated rings. The van der Waals surface area contributed by atoms with Gasteiger partial charge in [-0.25, -0.2) is 0 Å². The molecule has 0 aromatic carbocycles. The van der Waals surface area contributed by atoms with Crippen LogP contribution in [0.4, 0.5) is 0 Å². The quantitative estimate of drug-likeness (QED) is 0.329. The third-order valence-corrected chi connectivity index (χ3v) is 1.37. The Bertz CT molecular complexity index is 152. The second kappa shape index (κ2) is 7.69. The first-order valence-corrected chi connectivity index (χ1v) is 3.35. The van der Waals surface area contributed by atoms with Crippen molar-refractivity contribution in [2.45, 2.75) is 24.7 Å². The minimum Gasteiger partial charge on any atom is -0.547 e. The van der Waals surface area contributed by atoms with E-state index in [1.54, 1.807) is 0 Å². The normalized spacial score (nSPS) is 16.9. The Hall–Kier alpha value is 0.310. The van der Waals surface area contributed by atoms with Crippen molar-refractivity contribution in [3.05, 3.63) is 0 Å². The summed E-state index contributed by atoms with van der Waals surface area (Å²) in [7, 11) is 0. The third-order valence-electron chi connectivity index (χ3n) is 1.37. The van der Waals surface area contributed by atoms with Crippen LogP contribution in [-0.2, 0) is 4.79 Å². The summed E-state index contributed by atoms with van der Waals surface area (Å²) in [6, 6.07) is 0.